The van der Waals surface area contributed by atoms with E-state index in [1.165, 1.54) is 0 Å². The van der Waals surface area contributed by atoms with Crippen molar-refractivity contribution >= 4 is 5.78 Å². The van der Waals surface area contributed by atoms with Gasteiger partial charge >= 0.3 is 0 Å². The van der Waals surface area contributed by atoms with Crippen LogP contribution in [0.15, 0.2) is 42.5 Å². The molecule has 0 heterocycles. The average Bonchev–Trinajstić information content (AvgIpc) is 3.31. The molecule has 0 bridgehead atoms. The molecule has 0 atom stereocenters. The predicted octanol–water partition coefficient (Wildman–Crippen LogP) is 3.78. The van der Waals surface area contributed by atoms with Gasteiger partial charge in [0.05, 0.1) is 18.8 Å². The topological polar surface area (TPSA) is 35.5 Å². The molecule has 1 aliphatic rings. The average molecular weight is 282 g/mol. The van der Waals surface area contributed by atoms with Crippen molar-refractivity contribution in [3.63, 3.8) is 0 Å². The van der Waals surface area contributed by atoms with Crippen molar-refractivity contribution < 1.29 is 14.3 Å². The Morgan fingerprint density at radius 2 is 1.81 bits per heavy atom. The van der Waals surface area contributed by atoms with Crippen LogP contribution < -0.4 is 9.47 Å². The predicted molar refractivity (Wildman–Crippen MR) is 81.3 cm³/mol. The van der Waals surface area contributed by atoms with Crippen molar-refractivity contribution in [2.75, 3.05) is 7.11 Å². The van der Waals surface area contributed by atoms with Gasteiger partial charge in [-0.25, -0.2) is 0 Å². The molecule has 3 heteroatoms. The Balaban J connectivity index is 1.83. The second-order valence-electron chi connectivity index (χ2n) is 5.37. The van der Waals surface area contributed by atoms with Gasteiger partial charge in [-0.2, -0.15) is 0 Å². The number of hydrogen-bond acceptors (Lipinski definition) is 3. The monoisotopic (exact) mass is 282 g/mol. The summed E-state index contributed by atoms with van der Waals surface area (Å²) in [5.74, 6) is 1.40. The fourth-order valence-corrected chi connectivity index (χ4v) is 2.20. The zero-order valence-corrected chi connectivity index (χ0v) is 12.3. The molecule has 108 valence electrons. The molecule has 0 spiro atoms. The minimum Gasteiger partial charge on any atom is -0.496 e. The van der Waals surface area contributed by atoms with Gasteiger partial charge < -0.3 is 9.47 Å². The number of aryl methyl sites for hydroxylation is 1. The van der Waals surface area contributed by atoms with E-state index in [1.807, 2.05) is 37.3 Å². The maximum absolute atomic E-state index is 12.6. The van der Waals surface area contributed by atoms with Crippen LogP contribution in [0.2, 0.25) is 0 Å². The highest BCUT2D eigenvalue weighted by molar-refractivity contribution is 6.10. The van der Waals surface area contributed by atoms with Crippen LogP contribution in [-0.4, -0.2) is 19.0 Å². The van der Waals surface area contributed by atoms with E-state index in [0.29, 0.717) is 23.0 Å². The molecule has 3 rings (SSSR count). The summed E-state index contributed by atoms with van der Waals surface area (Å²) in [6.45, 7) is 1.97. The van der Waals surface area contributed by atoms with Crippen molar-refractivity contribution in [3.8, 4) is 11.5 Å². The summed E-state index contributed by atoms with van der Waals surface area (Å²) in [5.41, 5.74) is 2.29. The lowest BCUT2D eigenvalue weighted by Crippen LogP contribution is -2.04. The molecule has 0 aliphatic heterocycles. The van der Waals surface area contributed by atoms with Gasteiger partial charge in [-0.3, -0.25) is 4.79 Å². The first-order chi connectivity index (χ1) is 10.2. The minimum atomic E-state index is -0.0372. The van der Waals surface area contributed by atoms with Gasteiger partial charge in [0, 0.05) is 5.56 Å². The standard InChI is InChI=1S/C18H18O3/c1-12-3-10-16(17(11-12)20-2)18(19)13-4-6-14(7-5-13)21-15-8-9-15/h3-7,10-11,15H,8-9H2,1-2H3. The first-order valence-corrected chi connectivity index (χ1v) is 7.13. The summed E-state index contributed by atoms with van der Waals surface area (Å²) < 4.78 is 11.0. The van der Waals surface area contributed by atoms with Crippen LogP contribution in [-0.2, 0) is 0 Å². The van der Waals surface area contributed by atoms with Crippen LogP contribution in [0.1, 0.15) is 34.3 Å². The smallest absolute Gasteiger partial charge is 0.196 e. The minimum absolute atomic E-state index is 0.0372. The van der Waals surface area contributed by atoms with E-state index in [1.54, 1.807) is 19.2 Å². The molecule has 0 amide bonds. The number of ketones is 1. The zero-order valence-electron chi connectivity index (χ0n) is 12.3. The number of benzene rings is 2. The van der Waals surface area contributed by atoms with E-state index >= 15 is 0 Å². The quantitative estimate of drug-likeness (QED) is 0.783. The summed E-state index contributed by atoms with van der Waals surface area (Å²) >= 11 is 0. The van der Waals surface area contributed by atoms with Gasteiger partial charge in [-0.15, -0.1) is 0 Å². The van der Waals surface area contributed by atoms with Crippen molar-refractivity contribution in [2.45, 2.75) is 25.9 Å². The number of methoxy groups -OCH3 is 1. The third-order valence-electron chi connectivity index (χ3n) is 3.55. The first kappa shape index (κ1) is 13.7. The second-order valence-corrected chi connectivity index (χ2v) is 5.37. The Labute approximate surface area is 124 Å². The van der Waals surface area contributed by atoms with Gasteiger partial charge in [0.2, 0.25) is 0 Å². The van der Waals surface area contributed by atoms with E-state index < -0.39 is 0 Å². The fourth-order valence-electron chi connectivity index (χ4n) is 2.20. The first-order valence-electron chi connectivity index (χ1n) is 7.13. The third-order valence-corrected chi connectivity index (χ3v) is 3.55. The number of carbonyl (C=O) groups is 1. The number of carbonyl (C=O) groups excluding carboxylic acids is 1. The Morgan fingerprint density at radius 1 is 1.10 bits per heavy atom. The maximum atomic E-state index is 12.6. The molecule has 21 heavy (non-hydrogen) atoms. The summed E-state index contributed by atoms with van der Waals surface area (Å²) in [5, 5.41) is 0. The van der Waals surface area contributed by atoms with E-state index in [9.17, 15) is 4.79 Å². The molecule has 1 saturated carbocycles. The highest BCUT2D eigenvalue weighted by Gasteiger charge is 2.23. The van der Waals surface area contributed by atoms with Crippen LogP contribution in [0.4, 0.5) is 0 Å². The largest absolute Gasteiger partial charge is 0.496 e. The molecule has 3 nitrogen and oxygen atoms in total. The Kier molecular flexibility index (Phi) is 3.65. The maximum Gasteiger partial charge on any atom is 0.196 e. The van der Waals surface area contributed by atoms with Crippen LogP contribution in [0.5, 0.6) is 11.5 Å². The molecule has 1 aliphatic carbocycles. The summed E-state index contributed by atoms with van der Waals surface area (Å²) in [4.78, 5) is 12.6. The van der Waals surface area contributed by atoms with E-state index in [-0.39, 0.29) is 5.78 Å². The van der Waals surface area contributed by atoms with Crippen molar-refractivity contribution in [2.24, 2.45) is 0 Å². The second kappa shape index (κ2) is 5.60. The normalized spacial score (nSPS) is 13.8. The molecule has 2 aromatic rings. The fraction of sp³-hybridized carbons (Fsp3) is 0.278. The van der Waals surface area contributed by atoms with Crippen LogP contribution in [0.3, 0.4) is 0 Å². The number of ether oxygens (including phenoxy) is 2. The molecule has 2 aromatic carbocycles. The lowest BCUT2D eigenvalue weighted by molar-refractivity contribution is 0.103. The Bertz CT molecular complexity index is 655. The lowest BCUT2D eigenvalue weighted by atomic mass is 10.0. The molecule has 1 fully saturated rings. The molecule has 0 unspecified atom stereocenters. The van der Waals surface area contributed by atoms with Crippen LogP contribution >= 0.6 is 0 Å². The number of rotatable bonds is 5. The van der Waals surface area contributed by atoms with Gasteiger partial charge in [0.15, 0.2) is 5.78 Å². The third kappa shape index (κ3) is 3.07. The van der Waals surface area contributed by atoms with Crippen molar-refractivity contribution in [3.05, 3.63) is 59.2 Å². The van der Waals surface area contributed by atoms with Gasteiger partial charge in [-0.1, -0.05) is 6.07 Å². The Hall–Kier alpha value is -2.29. The molecule has 0 saturated heterocycles. The molecule has 0 radical (unpaired) electrons. The van der Waals surface area contributed by atoms with E-state index in [0.717, 1.165) is 24.2 Å². The molecular weight excluding hydrogens is 264 g/mol. The lowest BCUT2D eigenvalue weighted by Gasteiger charge is -2.09. The SMILES string of the molecule is COc1cc(C)ccc1C(=O)c1ccc(OC2CC2)cc1. The van der Waals surface area contributed by atoms with Gasteiger partial charge in [0.1, 0.15) is 11.5 Å². The zero-order chi connectivity index (χ0) is 14.8. The van der Waals surface area contributed by atoms with E-state index in [2.05, 4.69) is 0 Å². The molecule has 0 N–H and O–H groups in total. The number of hydrogen-bond donors (Lipinski definition) is 0. The van der Waals surface area contributed by atoms with Gasteiger partial charge in [-0.05, 0) is 61.7 Å². The van der Waals surface area contributed by atoms with Crippen LogP contribution in [0, 0.1) is 6.92 Å². The summed E-state index contributed by atoms with van der Waals surface area (Å²) in [7, 11) is 1.58. The summed E-state index contributed by atoms with van der Waals surface area (Å²) in [6.07, 6.45) is 2.62. The molecule has 0 aromatic heterocycles. The highest BCUT2D eigenvalue weighted by Crippen LogP contribution is 2.28. The Morgan fingerprint density at radius 3 is 2.43 bits per heavy atom. The van der Waals surface area contributed by atoms with Crippen molar-refractivity contribution in [1.29, 1.82) is 0 Å². The van der Waals surface area contributed by atoms with Crippen LogP contribution in [0.25, 0.3) is 0 Å². The van der Waals surface area contributed by atoms with Crippen molar-refractivity contribution in [1.82, 2.24) is 0 Å². The highest BCUT2D eigenvalue weighted by atomic mass is 16.5. The van der Waals surface area contributed by atoms with E-state index in [4.69, 9.17) is 9.47 Å². The van der Waals surface area contributed by atoms with Gasteiger partial charge in [0.25, 0.3) is 0 Å². The molecular formula is C18H18O3. The summed E-state index contributed by atoms with van der Waals surface area (Å²) in [6, 6.07) is 12.9.